The van der Waals surface area contributed by atoms with E-state index in [9.17, 15) is 14.4 Å². The van der Waals surface area contributed by atoms with Gasteiger partial charge in [-0.2, -0.15) is 0 Å². The third-order valence-corrected chi connectivity index (χ3v) is 7.44. The van der Waals surface area contributed by atoms with Gasteiger partial charge in [0.05, 0.1) is 6.42 Å². The van der Waals surface area contributed by atoms with Gasteiger partial charge < -0.3 is 20.1 Å². The summed E-state index contributed by atoms with van der Waals surface area (Å²) in [4.78, 5) is 37.5. The van der Waals surface area contributed by atoms with Crippen LogP contribution in [0.3, 0.4) is 0 Å². The molecule has 0 bridgehead atoms. The zero-order valence-corrected chi connectivity index (χ0v) is 19.1. The Kier molecular flexibility index (Phi) is 6.26. The van der Waals surface area contributed by atoms with Crippen molar-refractivity contribution in [1.82, 2.24) is 10.2 Å². The van der Waals surface area contributed by atoms with Crippen LogP contribution in [-0.4, -0.2) is 53.7 Å². The lowest BCUT2D eigenvalue weighted by molar-refractivity contribution is -0.145. The number of aliphatic carboxylic acids is 1. The minimum atomic E-state index is -0.810. The summed E-state index contributed by atoms with van der Waals surface area (Å²) >= 11 is 0. The molecule has 1 heterocycles. The number of hydrogen-bond acceptors (Lipinski definition) is 4. The molecule has 2 aromatic rings. The summed E-state index contributed by atoms with van der Waals surface area (Å²) in [5, 5.41) is 11.8. The van der Waals surface area contributed by atoms with E-state index in [1.807, 2.05) is 24.3 Å². The van der Waals surface area contributed by atoms with Gasteiger partial charge in [0.15, 0.2) is 0 Å². The van der Waals surface area contributed by atoms with E-state index in [0.29, 0.717) is 26.1 Å². The topological polar surface area (TPSA) is 95.9 Å². The molecule has 2 atom stereocenters. The van der Waals surface area contributed by atoms with Crippen LogP contribution in [0.1, 0.15) is 49.1 Å². The summed E-state index contributed by atoms with van der Waals surface area (Å²) in [6, 6.07) is 16.5. The molecule has 34 heavy (non-hydrogen) atoms. The SMILES string of the molecule is O=C(O)CC1CN(C(=O)C[C@H]2CC[C@@H](NC(=O)OCC3c4ccccc4-c4ccccc43)C2)C1. The summed E-state index contributed by atoms with van der Waals surface area (Å²) in [6.07, 6.45) is 2.68. The van der Waals surface area contributed by atoms with E-state index in [1.54, 1.807) is 4.90 Å². The smallest absolute Gasteiger partial charge is 0.407 e. The summed E-state index contributed by atoms with van der Waals surface area (Å²) in [5.41, 5.74) is 4.78. The van der Waals surface area contributed by atoms with Crippen LogP contribution in [0.4, 0.5) is 4.79 Å². The van der Waals surface area contributed by atoms with Crippen molar-refractivity contribution in [3.05, 3.63) is 59.7 Å². The molecule has 2 aliphatic carbocycles. The van der Waals surface area contributed by atoms with Gasteiger partial charge in [0.2, 0.25) is 5.91 Å². The van der Waals surface area contributed by atoms with Gasteiger partial charge >= 0.3 is 12.1 Å². The quantitative estimate of drug-likeness (QED) is 0.648. The first-order chi connectivity index (χ1) is 16.5. The highest BCUT2D eigenvalue weighted by atomic mass is 16.5. The zero-order valence-electron chi connectivity index (χ0n) is 19.1. The maximum Gasteiger partial charge on any atom is 0.407 e. The number of amides is 2. The summed E-state index contributed by atoms with van der Waals surface area (Å²) in [6.45, 7) is 1.37. The zero-order chi connectivity index (χ0) is 23.7. The van der Waals surface area contributed by atoms with Gasteiger partial charge in [-0.15, -0.1) is 0 Å². The van der Waals surface area contributed by atoms with Crippen molar-refractivity contribution in [2.45, 2.75) is 44.1 Å². The Morgan fingerprint density at radius 1 is 0.912 bits per heavy atom. The number of ether oxygens (including phenoxy) is 1. The monoisotopic (exact) mass is 462 g/mol. The average molecular weight is 463 g/mol. The number of carbonyl (C=O) groups excluding carboxylic acids is 2. The normalized spacial score (nSPS) is 21.5. The third-order valence-electron chi connectivity index (χ3n) is 7.44. The van der Waals surface area contributed by atoms with E-state index >= 15 is 0 Å². The van der Waals surface area contributed by atoms with Gasteiger partial charge in [-0.3, -0.25) is 9.59 Å². The van der Waals surface area contributed by atoms with Gasteiger partial charge in [0.25, 0.3) is 0 Å². The lowest BCUT2D eigenvalue weighted by Crippen LogP contribution is -2.50. The summed E-state index contributed by atoms with van der Waals surface area (Å²) in [7, 11) is 0. The lowest BCUT2D eigenvalue weighted by Gasteiger charge is -2.39. The van der Waals surface area contributed by atoms with E-state index in [2.05, 4.69) is 29.6 Å². The number of nitrogens with zero attached hydrogens (tertiary/aromatic N) is 1. The molecule has 7 nitrogen and oxygen atoms in total. The second-order valence-corrected chi connectivity index (χ2v) is 9.81. The van der Waals surface area contributed by atoms with Crippen molar-refractivity contribution in [3.8, 4) is 11.1 Å². The number of carboxylic acid groups (broad SMARTS) is 1. The van der Waals surface area contributed by atoms with E-state index < -0.39 is 12.1 Å². The molecule has 2 fully saturated rings. The lowest BCUT2D eigenvalue weighted by atomic mass is 9.94. The van der Waals surface area contributed by atoms with Crippen molar-refractivity contribution in [2.24, 2.45) is 11.8 Å². The molecule has 5 rings (SSSR count). The minimum absolute atomic E-state index is 0.0181. The molecule has 0 radical (unpaired) electrons. The molecule has 1 saturated heterocycles. The Morgan fingerprint density at radius 2 is 1.56 bits per heavy atom. The maximum absolute atomic E-state index is 12.5. The maximum atomic E-state index is 12.5. The number of carbonyl (C=O) groups is 3. The molecule has 1 aliphatic heterocycles. The largest absolute Gasteiger partial charge is 0.481 e. The molecule has 0 unspecified atom stereocenters. The van der Waals surface area contributed by atoms with Gasteiger partial charge in [-0.05, 0) is 47.4 Å². The second kappa shape index (κ2) is 9.49. The van der Waals surface area contributed by atoms with E-state index in [4.69, 9.17) is 9.84 Å². The first-order valence-electron chi connectivity index (χ1n) is 12.1. The number of benzene rings is 2. The predicted octanol–water partition coefficient (Wildman–Crippen LogP) is 4.02. The molecule has 2 N–H and O–H groups in total. The number of fused-ring (bicyclic) bond motifs is 3. The molecule has 3 aliphatic rings. The minimum Gasteiger partial charge on any atom is -0.481 e. The highest BCUT2D eigenvalue weighted by Crippen LogP contribution is 2.44. The van der Waals surface area contributed by atoms with Crippen LogP contribution in [-0.2, 0) is 14.3 Å². The molecule has 0 spiro atoms. The van der Waals surface area contributed by atoms with Crippen molar-refractivity contribution in [3.63, 3.8) is 0 Å². The number of nitrogens with one attached hydrogen (secondary N) is 1. The van der Waals surface area contributed by atoms with E-state index in [0.717, 1.165) is 19.3 Å². The Hall–Kier alpha value is -3.35. The fourth-order valence-corrected chi connectivity index (χ4v) is 5.72. The number of alkyl carbamates (subject to hydrolysis) is 1. The molecule has 2 amide bonds. The van der Waals surface area contributed by atoms with Crippen molar-refractivity contribution in [2.75, 3.05) is 19.7 Å². The van der Waals surface area contributed by atoms with Crippen molar-refractivity contribution in [1.29, 1.82) is 0 Å². The first-order valence-corrected chi connectivity index (χ1v) is 12.1. The highest BCUT2D eigenvalue weighted by Gasteiger charge is 2.35. The molecule has 2 aromatic carbocycles. The van der Waals surface area contributed by atoms with Crippen molar-refractivity contribution < 1.29 is 24.2 Å². The Morgan fingerprint density at radius 3 is 2.21 bits per heavy atom. The Balaban J connectivity index is 1.07. The first kappa shape index (κ1) is 22.4. The summed E-state index contributed by atoms with van der Waals surface area (Å²) < 4.78 is 5.65. The van der Waals surface area contributed by atoms with Crippen LogP contribution in [0.25, 0.3) is 11.1 Å². The molecular weight excluding hydrogens is 432 g/mol. The number of hydrogen-bond donors (Lipinski definition) is 2. The number of likely N-dealkylation sites (tertiary alicyclic amines) is 1. The van der Waals surface area contributed by atoms with Gasteiger partial charge in [0.1, 0.15) is 6.61 Å². The average Bonchev–Trinajstić information content (AvgIpc) is 3.36. The molecule has 178 valence electrons. The fourth-order valence-electron chi connectivity index (χ4n) is 5.72. The molecule has 1 saturated carbocycles. The number of rotatable bonds is 7. The van der Waals surface area contributed by atoms with Crippen molar-refractivity contribution >= 4 is 18.0 Å². The standard InChI is InChI=1S/C27H30N2O5/c30-25(29-14-18(15-29)13-26(31)32)12-17-9-10-19(11-17)28-27(33)34-16-24-22-7-3-1-5-20(22)21-6-2-4-8-23(21)24/h1-8,17-19,24H,9-16H2,(H,28,33)(H,31,32)/t17-,19+/m0/s1. The summed E-state index contributed by atoms with van der Waals surface area (Å²) in [5.74, 6) is -0.366. The van der Waals surface area contributed by atoms with Crippen LogP contribution < -0.4 is 5.32 Å². The Bertz CT molecular complexity index is 1050. The Labute approximate surface area is 199 Å². The predicted molar refractivity (Wildman–Crippen MR) is 126 cm³/mol. The fraction of sp³-hybridized carbons (Fsp3) is 0.444. The second-order valence-electron chi connectivity index (χ2n) is 9.81. The van der Waals surface area contributed by atoms with Gasteiger partial charge in [-0.1, -0.05) is 48.5 Å². The highest BCUT2D eigenvalue weighted by molar-refractivity contribution is 5.79. The van der Waals surface area contributed by atoms with E-state index in [1.165, 1.54) is 22.3 Å². The van der Waals surface area contributed by atoms with Crippen LogP contribution >= 0.6 is 0 Å². The molecular formula is C27H30N2O5. The van der Waals surface area contributed by atoms with Crippen LogP contribution in [0.2, 0.25) is 0 Å². The molecule has 0 aromatic heterocycles. The van der Waals surface area contributed by atoms with Gasteiger partial charge in [-0.25, -0.2) is 4.79 Å². The van der Waals surface area contributed by atoms with Crippen LogP contribution in [0.5, 0.6) is 0 Å². The van der Waals surface area contributed by atoms with E-state index in [-0.39, 0.29) is 36.1 Å². The van der Waals surface area contributed by atoms with Gasteiger partial charge in [0, 0.05) is 37.4 Å². The van der Waals surface area contributed by atoms with Crippen LogP contribution in [0, 0.1) is 11.8 Å². The van der Waals surface area contributed by atoms with Crippen LogP contribution in [0.15, 0.2) is 48.5 Å². The molecule has 7 heteroatoms. The number of carboxylic acids is 1. The third kappa shape index (κ3) is 4.65.